The summed E-state index contributed by atoms with van der Waals surface area (Å²) >= 11 is 0. The maximum atomic E-state index is 14.0. The van der Waals surface area contributed by atoms with Gasteiger partial charge in [-0.15, -0.1) is 0 Å². The van der Waals surface area contributed by atoms with Crippen molar-refractivity contribution in [2.75, 3.05) is 13.7 Å². The Morgan fingerprint density at radius 3 is 2.16 bits per heavy atom. The molecule has 1 unspecified atom stereocenters. The van der Waals surface area contributed by atoms with Crippen molar-refractivity contribution in [3.8, 4) is 5.75 Å². The second kappa shape index (κ2) is 16.0. The van der Waals surface area contributed by atoms with Crippen molar-refractivity contribution in [3.05, 3.63) is 131 Å². The second-order valence-electron chi connectivity index (χ2n) is 10.5. The molecule has 0 aliphatic heterocycles. The van der Waals surface area contributed by atoms with Crippen LogP contribution in [0.2, 0.25) is 0 Å². The van der Waals surface area contributed by atoms with Crippen LogP contribution in [-0.2, 0) is 45.5 Å². The number of para-hydroxylation sites is 1. The second-order valence-corrected chi connectivity index (χ2v) is 12.3. The molecule has 4 aromatic carbocycles. The molecule has 10 heteroatoms. The predicted molar refractivity (Wildman–Crippen MR) is 171 cm³/mol. The number of aryl methyl sites for hydroxylation is 1. The summed E-state index contributed by atoms with van der Waals surface area (Å²) in [5, 5.41) is 2.99. The molecule has 8 nitrogen and oxygen atoms in total. The van der Waals surface area contributed by atoms with E-state index in [1.165, 1.54) is 24.3 Å². The Kier molecular flexibility index (Phi) is 11.8. The van der Waals surface area contributed by atoms with Gasteiger partial charge in [0.25, 0.3) is 0 Å². The molecule has 0 aromatic heterocycles. The lowest BCUT2D eigenvalue weighted by molar-refractivity contribution is -0.141. The van der Waals surface area contributed by atoms with Crippen LogP contribution in [-0.4, -0.2) is 44.8 Å². The topological polar surface area (TPSA) is 105 Å². The number of nitrogens with zero attached hydrogens (tertiary/aromatic N) is 1. The van der Waals surface area contributed by atoms with Crippen LogP contribution in [0, 0.1) is 5.82 Å². The maximum Gasteiger partial charge on any atom is 0.243 e. The van der Waals surface area contributed by atoms with Gasteiger partial charge in [-0.1, -0.05) is 79.7 Å². The van der Waals surface area contributed by atoms with Gasteiger partial charge < -0.3 is 15.0 Å². The standard InChI is InChI=1S/C35H38FN3O5S/c1-3-38-45(42,43)31-20-15-26(16-21-31)17-22-34(40)39(25-28-13-18-30(36)19-14-28)32(23-27-9-5-4-6-10-27)35(41)37-24-29-11-7-8-12-33(29)44-2/h4-16,18-21,32,38H,3,17,22-25H2,1-2H3,(H,37,41). The van der Waals surface area contributed by atoms with Crippen molar-refractivity contribution in [2.24, 2.45) is 0 Å². The summed E-state index contributed by atoms with van der Waals surface area (Å²) in [5.74, 6) is -0.359. The highest BCUT2D eigenvalue weighted by Gasteiger charge is 2.30. The van der Waals surface area contributed by atoms with Crippen LogP contribution in [0.1, 0.15) is 35.6 Å². The minimum absolute atomic E-state index is 0.0750. The lowest BCUT2D eigenvalue weighted by atomic mass is 10.0. The van der Waals surface area contributed by atoms with E-state index in [-0.39, 0.29) is 49.2 Å². The summed E-state index contributed by atoms with van der Waals surface area (Å²) < 4.78 is 46.3. The third-order valence-corrected chi connectivity index (χ3v) is 8.94. The van der Waals surface area contributed by atoms with Gasteiger partial charge in [0.05, 0.1) is 12.0 Å². The minimum atomic E-state index is -3.59. The van der Waals surface area contributed by atoms with E-state index in [4.69, 9.17) is 4.74 Å². The summed E-state index contributed by atoms with van der Waals surface area (Å²) in [5.41, 5.74) is 3.13. The number of carbonyl (C=O) groups is 2. The molecular formula is C35H38FN3O5S. The van der Waals surface area contributed by atoms with Gasteiger partial charge in [-0.05, 0) is 53.4 Å². The van der Waals surface area contributed by atoms with Gasteiger partial charge in [-0.3, -0.25) is 9.59 Å². The lowest BCUT2D eigenvalue weighted by Gasteiger charge is -2.32. The molecule has 0 heterocycles. The number of amides is 2. The Hall–Kier alpha value is -4.54. The Morgan fingerprint density at radius 2 is 1.49 bits per heavy atom. The number of hydrogen-bond donors (Lipinski definition) is 2. The van der Waals surface area contributed by atoms with Crippen molar-refractivity contribution in [1.29, 1.82) is 0 Å². The SMILES string of the molecule is CCNS(=O)(=O)c1ccc(CCC(=O)N(Cc2ccc(F)cc2)C(Cc2ccccc2)C(=O)NCc2ccccc2OC)cc1. The Labute approximate surface area is 264 Å². The molecule has 45 heavy (non-hydrogen) atoms. The molecule has 0 bridgehead atoms. The monoisotopic (exact) mass is 631 g/mol. The first kappa shape index (κ1) is 33.4. The Morgan fingerprint density at radius 1 is 0.844 bits per heavy atom. The zero-order chi connectivity index (χ0) is 32.2. The molecule has 0 aliphatic rings. The largest absolute Gasteiger partial charge is 0.496 e. The molecule has 4 aromatic rings. The van der Waals surface area contributed by atoms with Crippen LogP contribution in [0.15, 0.2) is 108 Å². The van der Waals surface area contributed by atoms with E-state index in [1.807, 2.05) is 54.6 Å². The fourth-order valence-corrected chi connectivity index (χ4v) is 6.03. The van der Waals surface area contributed by atoms with Crippen LogP contribution in [0.5, 0.6) is 5.75 Å². The van der Waals surface area contributed by atoms with Crippen LogP contribution in [0.3, 0.4) is 0 Å². The van der Waals surface area contributed by atoms with Crippen LogP contribution < -0.4 is 14.8 Å². The van der Waals surface area contributed by atoms with E-state index in [0.29, 0.717) is 17.7 Å². The van der Waals surface area contributed by atoms with Crippen LogP contribution >= 0.6 is 0 Å². The number of rotatable bonds is 15. The van der Waals surface area contributed by atoms with E-state index in [2.05, 4.69) is 10.0 Å². The highest BCUT2D eigenvalue weighted by Crippen LogP contribution is 2.20. The number of sulfonamides is 1. The number of benzene rings is 4. The van der Waals surface area contributed by atoms with E-state index in [9.17, 15) is 22.4 Å². The third kappa shape index (κ3) is 9.47. The van der Waals surface area contributed by atoms with Crippen molar-refractivity contribution < 1.29 is 27.1 Å². The molecular weight excluding hydrogens is 593 g/mol. The number of carbonyl (C=O) groups excluding carboxylic acids is 2. The number of methoxy groups -OCH3 is 1. The van der Waals surface area contributed by atoms with Gasteiger partial charge in [-0.2, -0.15) is 0 Å². The van der Waals surface area contributed by atoms with E-state index < -0.39 is 21.9 Å². The maximum absolute atomic E-state index is 14.0. The normalized spacial score (nSPS) is 11.9. The number of halogens is 1. The molecule has 0 radical (unpaired) electrons. The predicted octanol–water partition coefficient (Wildman–Crippen LogP) is 5.02. The summed E-state index contributed by atoms with van der Waals surface area (Å²) in [6.07, 6.45) is 0.676. The van der Waals surface area contributed by atoms with Gasteiger partial charge in [0, 0.05) is 38.0 Å². The summed E-state index contributed by atoms with van der Waals surface area (Å²) in [6, 6.07) is 28.2. The summed E-state index contributed by atoms with van der Waals surface area (Å²) in [7, 11) is -2.03. The first-order chi connectivity index (χ1) is 21.7. The van der Waals surface area contributed by atoms with Crippen molar-refractivity contribution in [2.45, 2.75) is 50.2 Å². The molecule has 0 spiro atoms. The molecule has 0 fully saturated rings. The smallest absolute Gasteiger partial charge is 0.243 e. The van der Waals surface area contributed by atoms with Crippen molar-refractivity contribution in [1.82, 2.24) is 14.9 Å². The van der Waals surface area contributed by atoms with E-state index >= 15 is 0 Å². The average molecular weight is 632 g/mol. The molecule has 1 atom stereocenters. The van der Waals surface area contributed by atoms with Crippen molar-refractivity contribution >= 4 is 21.8 Å². The quantitative estimate of drug-likeness (QED) is 0.192. The average Bonchev–Trinajstić information content (AvgIpc) is 3.05. The van der Waals surface area contributed by atoms with Gasteiger partial charge >= 0.3 is 0 Å². The summed E-state index contributed by atoms with van der Waals surface area (Å²) in [6.45, 7) is 2.28. The number of nitrogens with one attached hydrogen (secondary N) is 2. The summed E-state index contributed by atoms with van der Waals surface area (Å²) in [4.78, 5) is 29.5. The van der Waals surface area contributed by atoms with Gasteiger partial charge in [0.2, 0.25) is 21.8 Å². The van der Waals surface area contributed by atoms with E-state index in [0.717, 1.165) is 16.7 Å². The third-order valence-electron chi connectivity index (χ3n) is 7.38. The zero-order valence-corrected chi connectivity index (χ0v) is 26.2. The number of hydrogen-bond acceptors (Lipinski definition) is 5. The van der Waals surface area contributed by atoms with Gasteiger partial charge in [-0.25, -0.2) is 17.5 Å². The molecule has 0 saturated heterocycles. The zero-order valence-electron chi connectivity index (χ0n) is 25.4. The molecule has 2 N–H and O–H groups in total. The molecule has 2 amide bonds. The van der Waals surface area contributed by atoms with Crippen molar-refractivity contribution in [3.63, 3.8) is 0 Å². The molecule has 0 aliphatic carbocycles. The Balaban J connectivity index is 1.60. The lowest BCUT2D eigenvalue weighted by Crippen LogP contribution is -2.50. The molecule has 0 saturated carbocycles. The van der Waals surface area contributed by atoms with Crippen LogP contribution in [0.25, 0.3) is 0 Å². The van der Waals surface area contributed by atoms with Crippen LogP contribution in [0.4, 0.5) is 4.39 Å². The minimum Gasteiger partial charge on any atom is -0.496 e. The van der Waals surface area contributed by atoms with Gasteiger partial charge in [0.1, 0.15) is 17.6 Å². The number of ether oxygens (including phenoxy) is 1. The fraction of sp³-hybridized carbons (Fsp3) is 0.257. The van der Waals surface area contributed by atoms with Gasteiger partial charge in [0.15, 0.2) is 0 Å². The fourth-order valence-electron chi connectivity index (χ4n) is 4.99. The first-order valence-corrected chi connectivity index (χ1v) is 16.2. The first-order valence-electron chi connectivity index (χ1n) is 14.8. The molecule has 4 rings (SSSR count). The Bertz CT molecular complexity index is 1660. The van der Waals surface area contributed by atoms with E-state index in [1.54, 1.807) is 43.2 Å². The highest BCUT2D eigenvalue weighted by molar-refractivity contribution is 7.89. The molecule has 236 valence electrons. The highest BCUT2D eigenvalue weighted by atomic mass is 32.2.